The molecule has 2 saturated carbocycles. The topological polar surface area (TPSA) is 119 Å². The molecular formula is C31H39NO8. The first kappa shape index (κ1) is 28.6. The third-order valence-corrected chi connectivity index (χ3v) is 10.4. The van der Waals surface area contributed by atoms with Crippen molar-refractivity contribution in [2.45, 2.75) is 77.4 Å². The number of aliphatic hydroxyl groups is 1. The fourth-order valence-corrected chi connectivity index (χ4v) is 7.98. The monoisotopic (exact) mass is 553 g/mol. The molecule has 3 aliphatic carbocycles. The SMILES string of the molecule is CC(=O)OC1OC2C=CC3(C)C(=O)C(=O)C4C(C)CCC(O)(CC3C21N(C)COC(=O)c1ccccc1)C4(C)C. The van der Waals surface area contributed by atoms with Crippen LogP contribution < -0.4 is 0 Å². The summed E-state index contributed by atoms with van der Waals surface area (Å²) in [6.45, 7) is 8.51. The quantitative estimate of drug-likeness (QED) is 0.253. The van der Waals surface area contributed by atoms with E-state index < -0.39 is 69.7 Å². The van der Waals surface area contributed by atoms with Crippen molar-refractivity contribution >= 4 is 23.5 Å². The lowest BCUT2D eigenvalue weighted by atomic mass is 9.45. The van der Waals surface area contributed by atoms with Crippen LogP contribution in [0.5, 0.6) is 0 Å². The van der Waals surface area contributed by atoms with Crippen molar-refractivity contribution in [2.24, 2.45) is 28.6 Å². The van der Waals surface area contributed by atoms with E-state index in [1.807, 2.05) is 20.8 Å². The van der Waals surface area contributed by atoms with Gasteiger partial charge in [0.15, 0.2) is 0 Å². The molecule has 3 fully saturated rings. The maximum Gasteiger partial charge on any atom is 0.339 e. The molecule has 9 nitrogen and oxygen atoms in total. The number of ether oxygens (including phenoxy) is 3. The molecule has 4 aliphatic rings. The first-order valence-electron chi connectivity index (χ1n) is 14.0. The number of benzene rings is 1. The van der Waals surface area contributed by atoms with Gasteiger partial charge in [-0.2, -0.15) is 0 Å². The molecule has 0 spiro atoms. The zero-order valence-corrected chi connectivity index (χ0v) is 24.0. The highest BCUT2D eigenvalue weighted by Gasteiger charge is 2.74. The Morgan fingerprint density at radius 1 is 1.15 bits per heavy atom. The summed E-state index contributed by atoms with van der Waals surface area (Å²) >= 11 is 0. The Bertz CT molecular complexity index is 1260. The van der Waals surface area contributed by atoms with E-state index in [0.717, 1.165) is 0 Å². The molecule has 1 aromatic rings. The summed E-state index contributed by atoms with van der Waals surface area (Å²) in [4.78, 5) is 54.9. The minimum absolute atomic E-state index is 0.0537. The van der Waals surface area contributed by atoms with Crippen LogP contribution in [0.25, 0.3) is 0 Å². The van der Waals surface area contributed by atoms with E-state index in [2.05, 4.69) is 0 Å². The standard InChI is InChI=1S/C31H39NO8/c1-18-12-15-30(37)16-21-29(5,25(35)24(34)23(18)28(30,3)4)14-13-22-31(21,27(40-22)39-19(2)33)32(6)17-38-26(36)20-10-8-7-9-11-20/h7-11,13-14,18,21-23,27,37H,12,15-17H2,1-6H3. The fraction of sp³-hybridized carbons (Fsp3) is 0.613. The summed E-state index contributed by atoms with van der Waals surface area (Å²) in [5.74, 6) is -3.50. The number of carbonyl (C=O) groups excluding carboxylic acids is 4. The molecule has 8 atom stereocenters. The Morgan fingerprint density at radius 3 is 2.48 bits per heavy atom. The second kappa shape index (κ2) is 9.60. The molecule has 0 radical (unpaired) electrons. The van der Waals surface area contributed by atoms with Crippen LogP contribution in [0.2, 0.25) is 0 Å². The number of esters is 2. The van der Waals surface area contributed by atoms with Crippen LogP contribution in [-0.2, 0) is 28.6 Å². The van der Waals surface area contributed by atoms with Gasteiger partial charge in [-0.05, 0) is 51.3 Å². The zero-order chi connectivity index (χ0) is 29.3. The molecule has 2 bridgehead atoms. The molecule has 8 unspecified atom stereocenters. The number of Topliss-reactive ketones (excluding diaryl/α,β-unsaturated/α-hetero) is 2. The fourth-order valence-electron chi connectivity index (χ4n) is 7.98. The van der Waals surface area contributed by atoms with Crippen LogP contribution in [0.15, 0.2) is 42.5 Å². The van der Waals surface area contributed by atoms with Crippen molar-refractivity contribution in [2.75, 3.05) is 13.8 Å². The number of hydrogen-bond acceptors (Lipinski definition) is 9. The number of hydrogen-bond donors (Lipinski definition) is 1. The summed E-state index contributed by atoms with van der Waals surface area (Å²) in [7, 11) is 1.72. The summed E-state index contributed by atoms with van der Waals surface area (Å²) in [6.07, 6.45) is 2.93. The maximum atomic E-state index is 14.2. The van der Waals surface area contributed by atoms with Crippen molar-refractivity contribution in [1.82, 2.24) is 4.90 Å². The van der Waals surface area contributed by atoms with Crippen LogP contribution in [0.4, 0.5) is 0 Å². The highest BCUT2D eigenvalue weighted by molar-refractivity contribution is 6.40. The molecule has 1 aliphatic heterocycles. The van der Waals surface area contributed by atoms with E-state index in [9.17, 15) is 24.3 Å². The van der Waals surface area contributed by atoms with Gasteiger partial charge in [0.1, 0.15) is 18.4 Å². The van der Waals surface area contributed by atoms with Crippen LogP contribution in [-0.4, -0.2) is 70.8 Å². The third-order valence-electron chi connectivity index (χ3n) is 10.4. The van der Waals surface area contributed by atoms with E-state index >= 15 is 0 Å². The third kappa shape index (κ3) is 3.92. The number of carbonyl (C=O) groups is 4. The maximum absolute atomic E-state index is 14.2. The van der Waals surface area contributed by atoms with E-state index in [1.54, 1.807) is 61.4 Å². The van der Waals surface area contributed by atoms with Crippen LogP contribution >= 0.6 is 0 Å². The average molecular weight is 554 g/mol. The molecular weight excluding hydrogens is 514 g/mol. The van der Waals surface area contributed by atoms with Crippen LogP contribution in [0.1, 0.15) is 64.2 Å². The summed E-state index contributed by atoms with van der Waals surface area (Å²) < 4.78 is 17.3. The molecule has 1 aromatic carbocycles. The smallest absolute Gasteiger partial charge is 0.339 e. The van der Waals surface area contributed by atoms with Gasteiger partial charge >= 0.3 is 11.9 Å². The number of nitrogens with zero attached hydrogens (tertiary/aromatic N) is 1. The van der Waals surface area contributed by atoms with Gasteiger partial charge in [0.2, 0.25) is 17.9 Å². The Kier molecular flexibility index (Phi) is 6.87. The van der Waals surface area contributed by atoms with Crippen LogP contribution in [0.3, 0.4) is 0 Å². The molecule has 5 rings (SSSR count). The van der Waals surface area contributed by atoms with Gasteiger partial charge in [-0.15, -0.1) is 0 Å². The number of likely N-dealkylation sites (N-methyl/N-ethyl adjacent to an activating group) is 1. The van der Waals surface area contributed by atoms with Crippen molar-refractivity contribution in [3.05, 3.63) is 48.0 Å². The second-order valence-electron chi connectivity index (χ2n) is 12.8. The number of rotatable bonds is 5. The van der Waals surface area contributed by atoms with E-state index in [-0.39, 0.29) is 19.1 Å². The van der Waals surface area contributed by atoms with E-state index in [4.69, 9.17) is 14.2 Å². The van der Waals surface area contributed by atoms with Gasteiger partial charge in [-0.1, -0.05) is 51.1 Å². The molecule has 1 N–H and O–H groups in total. The molecule has 0 amide bonds. The van der Waals surface area contributed by atoms with Crippen LogP contribution in [0, 0.1) is 28.6 Å². The Labute approximate surface area is 234 Å². The zero-order valence-electron chi connectivity index (χ0n) is 24.0. The summed E-state index contributed by atoms with van der Waals surface area (Å²) in [5, 5.41) is 12.3. The Morgan fingerprint density at radius 2 is 1.82 bits per heavy atom. The normalized spacial score (nSPS) is 39.8. The molecule has 1 heterocycles. The average Bonchev–Trinajstić information content (AvgIpc) is 2.89. The number of fused-ring (bicyclic) bond motifs is 5. The lowest BCUT2D eigenvalue weighted by molar-refractivity contribution is -0.358. The number of ketones is 2. The van der Waals surface area contributed by atoms with Gasteiger partial charge in [-0.25, -0.2) is 4.79 Å². The van der Waals surface area contributed by atoms with E-state index in [0.29, 0.717) is 18.4 Å². The first-order valence-corrected chi connectivity index (χ1v) is 14.0. The summed E-state index contributed by atoms with van der Waals surface area (Å²) in [5.41, 5.74) is -4.29. The van der Waals surface area contributed by atoms with Crippen molar-refractivity contribution in [3.63, 3.8) is 0 Å². The predicted octanol–water partition coefficient (Wildman–Crippen LogP) is 3.30. The molecule has 0 aromatic heterocycles. The van der Waals surface area contributed by atoms with Gasteiger partial charge in [0.25, 0.3) is 0 Å². The molecule has 9 heteroatoms. The van der Waals surface area contributed by atoms with Gasteiger partial charge in [0.05, 0.1) is 16.6 Å². The number of allylic oxidation sites excluding steroid dienone is 1. The lowest BCUT2D eigenvalue weighted by Gasteiger charge is -2.67. The summed E-state index contributed by atoms with van der Waals surface area (Å²) in [6, 6.07) is 8.57. The minimum atomic E-state index is -1.31. The van der Waals surface area contributed by atoms with Gasteiger partial charge in [-0.3, -0.25) is 19.3 Å². The largest absolute Gasteiger partial charge is 0.446 e. The van der Waals surface area contributed by atoms with Crippen molar-refractivity contribution < 1.29 is 38.5 Å². The van der Waals surface area contributed by atoms with Gasteiger partial charge < -0.3 is 19.3 Å². The first-order chi connectivity index (χ1) is 18.7. The predicted molar refractivity (Wildman–Crippen MR) is 144 cm³/mol. The highest BCUT2D eigenvalue weighted by atomic mass is 16.7. The Balaban J connectivity index is 1.60. The minimum Gasteiger partial charge on any atom is -0.446 e. The van der Waals surface area contributed by atoms with Crippen molar-refractivity contribution in [1.29, 1.82) is 0 Å². The van der Waals surface area contributed by atoms with Crippen molar-refractivity contribution in [3.8, 4) is 0 Å². The molecule has 1 saturated heterocycles. The van der Waals surface area contributed by atoms with E-state index in [1.165, 1.54) is 6.92 Å². The van der Waals surface area contributed by atoms with Gasteiger partial charge in [0, 0.05) is 24.2 Å². The second-order valence-corrected chi connectivity index (χ2v) is 12.8. The molecule has 216 valence electrons. The molecule has 40 heavy (non-hydrogen) atoms. The Hall–Kier alpha value is -2.88. The highest BCUT2D eigenvalue weighted by Crippen LogP contribution is 2.63. The lowest BCUT2D eigenvalue weighted by Crippen LogP contribution is -2.81.